The van der Waals surface area contributed by atoms with Gasteiger partial charge in [0.1, 0.15) is 11.5 Å². The molecule has 0 saturated carbocycles. The molecule has 5 heteroatoms. The summed E-state index contributed by atoms with van der Waals surface area (Å²) in [6.45, 7) is 9.12. The third-order valence-electron chi connectivity index (χ3n) is 7.18. The van der Waals surface area contributed by atoms with E-state index >= 15 is 0 Å². The molecule has 180 valence electrons. The van der Waals surface area contributed by atoms with E-state index < -0.39 is 5.97 Å². The summed E-state index contributed by atoms with van der Waals surface area (Å²) in [6, 6.07) is 12.6. The lowest BCUT2D eigenvalue weighted by Gasteiger charge is -2.16. The van der Waals surface area contributed by atoms with E-state index in [0.717, 1.165) is 54.0 Å². The summed E-state index contributed by atoms with van der Waals surface area (Å²) >= 11 is 0. The van der Waals surface area contributed by atoms with Gasteiger partial charge in [0.05, 0.1) is 18.7 Å². The predicted octanol–water partition coefficient (Wildman–Crippen LogP) is 6.99. The monoisotopic (exact) mass is 461 g/mol. The maximum absolute atomic E-state index is 11.1. The van der Waals surface area contributed by atoms with Crippen molar-refractivity contribution in [2.75, 3.05) is 6.61 Å². The van der Waals surface area contributed by atoms with E-state index in [4.69, 9.17) is 19.2 Å². The lowest BCUT2D eigenvalue weighted by Crippen LogP contribution is -2.04. The zero-order valence-corrected chi connectivity index (χ0v) is 20.7. The molecule has 1 aromatic heterocycles. The Balaban J connectivity index is 1.39. The maximum atomic E-state index is 11.1. The second-order valence-corrected chi connectivity index (χ2v) is 9.40. The smallest absolute Gasteiger partial charge is 0.303 e. The number of aliphatic carboxylic acids is 1. The molecule has 1 N–H and O–H groups in total. The lowest BCUT2D eigenvalue weighted by atomic mass is 9.89. The number of hydrogen-bond donors (Lipinski definition) is 1. The minimum Gasteiger partial charge on any atom is -0.493 e. The van der Waals surface area contributed by atoms with Crippen molar-refractivity contribution in [2.24, 2.45) is 0 Å². The molecule has 3 aromatic rings. The Morgan fingerprint density at radius 1 is 1.18 bits per heavy atom. The first-order valence-corrected chi connectivity index (χ1v) is 12.4. The molecule has 1 aliphatic carbocycles. The van der Waals surface area contributed by atoms with Gasteiger partial charge in [0.2, 0.25) is 5.89 Å². The molecule has 0 amide bonds. The molecular weight excluding hydrogens is 426 g/mol. The Morgan fingerprint density at radius 3 is 2.68 bits per heavy atom. The summed E-state index contributed by atoms with van der Waals surface area (Å²) < 4.78 is 12.0. The fourth-order valence-electron chi connectivity index (χ4n) is 5.24. The van der Waals surface area contributed by atoms with Gasteiger partial charge in [-0.1, -0.05) is 26.0 Å². The topological polar surface area (TPSA) is 72.6 Å². The number of fused-ring (bicyclic) bond motifs is 1. The van der Waals surface area contributed by atoms with Crippen LogP contribution in [0.3, 0.4) is 0 Å². The van der Waals surface area contributed by atoms with Crippen LogP contribution in [0.2, 0.25) is 0 Å². The quantitative estimate of drug-likeness (QED) is 0.352. The normalized spacial score (nSPS) is 15.0. The van der Waals surface area contributed by atoms with E-state index in [9.17, 15) is 4.79 Å². The lowest BCUT2D eigenvalue weighted by molar-refractivity contribution is -0.137. The minimum absolute atomic E-state index is 0.116. The number of nitrogens with zero attached hydrogens (tertiary/aromatic N) is 1. The molecule has 5 nitrogen and oxygen atoms in total. The van der Waals surface area contributed by atoms with E-state index in [1.807, 2.05) is 19.1 Å². The van der Waals surface area contributed by atoms with E-state index in [1.165, 1.54) is 16.7 Å². The Kier molecular flexibility index (Phi) is 7.40. The van der Waals surface area contributed by atoms with Gasteiger partial charge in [-0.3, -0.25) is 4.79 Å². The maximum Gasteiger partial charge on any atom is 0.303 e. The van der Waals surface area contributed by atoms with Crippen LogP contribution < -0.4 is 4.74 Å². The summed E-state index contributed by atoms with van der Waals surface area (Å²) in [4.78, 5) is 15.8. The van der Waals surface area contributed by atoms with E-state index in [0.29, 0.717) is 24.8 Å². The molecule has 0 radical (unpaired) electrons. The fourth-order valence-corrected chi connectivity index (χ4v) is 5.24. The summed E-state index contributed by atoms with van der Waals surface area (Å²) in [6.07, 6.45) is 4.95. The summed E-state index contributed by atoms with van der Waals surface area (Å²) in [5.41, 5.74) is 6.98. The standard InChI is InChI=1S/C29H35NO4/c1-5-20(6-2)25-11-9-23(15-18(25)3)29-30-27(19(4)34-29)13-14-33-24-10-12-26-21(16-24)7-8-22(26)17-28(31)32/h9-12,15-16,20,22H,5-8,13-14,17H2,1-4H3,(H,31,32)/t22-/m0/s1. The summed E-state index contributed by atoms with van der Waals surface area (Å²) in [5, 5.41) is 9.11. The van der Waals surface area contributed by atoms with E-state index in [-0.39, 0.29) is 12.3 Å². The van der Waals surface area contributed by atoms with Crippen molar-refractivity contribution in [1.82, 2.24) is 4.98 Å². The highest BCUT2D eigenvalue weighted by Crippen LogP contribution is 2.37. The molecule has 1 atom stereocenters. The molecule has 0 saturated heterocycles. The zero-order chi connectivity index (χ0) is 24.2. The number of carboxylic acids is 1. The van der Waals surface area contributed by atoms with Crippen LogP contribution in [0.4, 0.5) is 0 Å². The number of ether oxygens (including phenoxy) is 1. The van der Waals surface area contributed by atoms with Gasteiger partial charge in [-0.05, 0) is 97.9 Å². The molecule has 1 heterocycles. The molecule has 0 spiro atoms. The number of hydrogen-bond acceptors (Lipinski definition) is 4. The minimum atomic E-state index is -0.738. The number of benzene rings is 2. The highest BCUT2D eigenvalue weighted by atomic mass is 16.5. The van der Waals surface area contributed by atoms with Crippen molar-refractivity contribution in [3.05, 3.63) is 70.1 Å². The molecule has 0 fully saturated rings. The molecule has 0 aliphatic heterocycles. The van der Waals surface area contributed by atoms with Crippen molar-refractivity contribution < 1.29 is 19.1 Å². The largest absolute Gasteiger partial charge is 0.493 e. The number of aryl methyl sites for hydroxylation is 3. The highest BCUT2D eigenvalue weighted by Gasteiger charge is 2.25. The average molecular weight is 462 g/mol. The molecular formula is C29H35NO4. The first-order chi connectivity index (χ1) is 16.4. The van der Waals surface area contributed by atoms with Gasteiger partial charge in [-0.2, -0.15) is 0 Å². The number of aromatic nitrogens is 1. The molecule has 0 unspecified atom stereocenters. The molecule has 0 bridgehead atoms. The second kappa shape index (κ2) is 10.5. The van der Waals surface area contributed by atoms with Crippen LogP contribution in [0.5, 0.6) is 5.75 Å². The Bertz CT molecular complexity index is 1160. The van der Waals surface area contributed by atoms with Gasteiger partial charge in [-0.15, -0.1) is 0 Å². The van der Waals surface area contributed by atoms with Gasteiger partial charge in [-0.25, -0.2) is 4.98 Å². The van der Waals surface area contributed by atoms with Crippen LogP contribution in [0.25, 0.3) is 11.5 Å². The molecule has 34 heavy (non-hydrogen) atoms. The van der Waals surface area contributed by atoms with Crippen LogP contribution in [0.15, 0.2) is 40.8 Å². The Labute approximate surface area is 202 Å². The highest BCUT2D eigenvalue weighted by molar-refractivity contribution is 5.68. The van der Waals surface area contributed by atoms with E-state index in [2.05, 4.69) is 45.0 Å². The van der Waals surface area contributed by atoms with Crippen molar-refractivity contribution in [3.8, 4) is 17.2 Å². The fraction of sp³-hybridized carbons (Fsp3) is 0.448. The zero-order valence-electron chi connectivity index (χ0n) is 20.7. The predicted molar refractivity (Wildman–Crippen MR) is 134 cm³/mol. The van der Waals surface area contributed by atoms with Crippen molar-refractivity contribution in [1.29, 1.82) is 0 Å². The van der Waals surface area contributed by atoms with Gasteiger partial charge < -0.3 is 14.3 Å². The van der Waals surface area contributed by atoms with Gasteiger partial charge in [0.25, 0.3) is 0 Å². The first kappa shape index (κ1) is 24.1. The molecule has 2 aromatic carbocycles. The average Bonchev–Trinajstić information content (AvgIpc) is 3.38. The number of carbonyl (C=O) groups is 1. The van der Waals surface area contributed by atoms with Gasteiger partial charge in [0.15, 0.2) is 0 Å². The van der Waals surface area contributed by atoms with Crippen LogP contribution >= 0.6 is 0 Å². The molecule has 4 rings (SSSR count). The summed E-state index contributed by atoms with van der Waals surface area (Å²) in [7, 11) is 0. The number of rotatable bonds is 10. The first-order valence-electron chi connectivity index (χ1n) is 12.4. The number of oxazole rings is 1. The Hall–Kier alpha value is -3.08. The third-order valence-corrected chi connectivity index (χ3v) is 7.18. The summed E-state index contributed by atoms with van der Waals surface area (Å²) in [5.74, 6) is 2.28. The SMILES string of the molecule is CCC(CC)c1ccc(-c2nc(CCOc3ccc4c(c3)CC[C@H]4CC(=O)O)c(C)o2)cc1C. The van der Waals surface area contributed by atoms with Gasteiger partial charge >= 0.3 is 5.97 Å². The van der Waals surface area contributed by atoms with Gasteiger partial charge in [0, 0.05) is 12.0 Å². The second-order valence-electron chi connectivity index (χ2n) is 9.40. The van der Waals surface area contributed by atoms with Crippen LogP contribution in [0.1, 0.15) is 85.1 Å². The van der Waals surface area contributed by atoms with E-state index in [1.54, 1.807) is 0 Å². The Morgan fingerprint density at radius 2 is 1.97 bits per heavy atom. The molecule has 1 aliphatic rings. The van der Waals surface area contributed by atoms with Crippen LogP contribution in [-0.4, -0.2) is 22.7 Å². The number of carboxylic acid groups (broad SMARTS) is 1. The van der Waals surface area contributed by atoms with Crippen molar-refractivity contribution in [3.63, 3.8) is 0 Å². The third kappa shape index (κ3) is 5.19. The van der Waals surface area contributed by atoms with Crippen LogP contribution in [0, 0.1) is 13.8 Å². The van der Waals surface area contributed by atoms with Crippen molar-refractivity contribution in [2.45, 2.75) is 78.1 Å². The van der Waals surface area contributed by atoms with Crippen LogP contribution in [-0.2, 0) is 17.6 Å². The van der Waals surface area contributed by atoms with Crippen molar-refractivity contribution >= 4 is 5.97 Å².